The van der Waals surface area contributed by atoms with Gasteiger partial charge in [0.05, 0.1) is 12.9 Å². The molecule has 0 aliphatic rings. The number of nitrogens with one attached hydrogen (secondary N) is 2. The summed E-state index contributed by atoms with van der Waals surface area (Å²) in [5.41, 5.74) is 10.7. The van der Waals surface area contributed by atoms with E-state index in [1.54, 1.807) is 24.4 Å². The number of carbonyl (C=O) groups excluding carboxylic acids is 2. The molecule has 1 heterocycles. The highest BCUT2D eigenvalue weighted by Gasteiger charge is 2.14. The summed E-state index contributed by atoms with van der Waals surface area (Å²) in [6, 6.07) is 4.58. The first-order valence-corrected chi connectivity index (χ1v) is 6.66. The largest absolute Gasteiger partial charge is 0.468 e. The lowest BCUT2D eigenvalue weighted by molar-refractivity contribution is -0.141. The number of anilines is 1. The van der Waals surface area contributed by atoms with Crippen LogP contribution in [0, 0.1) is 0 Å². The number of hydrogen-bond donors (Lipinski definition) is 3. The molecule has 8 heteroatoms. The third kappa shape index (κ3) is 6.07. The molecule has 0 saturated carbocycles. The summed E-state index contributed by atoms with van der Waals surface area (Å²) >= 11 is 1.25. The van der Waals surface area contributed by atoms with E-state index in [-0.39, 0.29) is 11.7 Å². The molecule has 0 radical (unpaired) electrons. The van der Waals surface area contributed by atoms with Gasteiger partial charge in [0, 0.05) is 11.9 Å². The Morgan fingerprint density at radius 3 is 2.95 bits per heavy atom. The topological polar surface area (TPSA) is 106 Å². The number of amides is 1. The van der Waals surface area contributed by atoms with E-state index < -0.39 is 12.0 Å². The number of nitrogens with two attached hydrogens (primary N) is 1. The molecule has 1 atom stereocenters. The average Bonchev–Trinajstić information content (AvgIpc) is 2.45. The molecular weight excluding hydrogens is 268 g/mol. The summed E-state index contributed by atoms with van der Waals surface area (Å²) < 4.78 is 4.48. The number of carbonyl (C=O) groups is 2. The lowest BCUT2D eigenvalue weighted by Crippen LogP contribution is -2.35. The van der Waals surface area contributed by atoms with E-state index >= 15 is 0 Å². The molecular formula is C11H16N4O3S. The van der Waals surface area contributed by atoms with Crippen molar-refractivity contribution in [1.82, 2.24) is 10.4 Å². The predicted molar refractivity (Wildman–Crippen MR) is 73.3 cm³/mol. The van der Waals surface area contributed by atoms with Crippen molar-refractivity contribution in [3.05, 3.63) is 24.4 Å². The first-order chi connectivity index (χ1) is 9.13. The third-order valence-electron chi connectivity index (χ3n) is 2.03. The standard InChI is InChI=1S/C11H16N4O3S/c1-18-11(17)8(12)6-19-7-10(16)15-14-9-4-2-3-5-13-9/h2-5,8H,6-7,12H2,1H3,(H,13,14)(H,15,16). The van der Waals surface area contributed by atoms with Gasteiger partial charge in [0.1, 0.15) is 11.9 Å². The van der Waals surface area contributed by atoms with E-state index in [1.165, 1.54) is 18.9 Å². The molecule has 1 amide bonds. The second-order valence-corrected chi connectivity index (χ2v) is 4.56. The van der Waals surface area contributed by atoms with Gasteiger partial charge in [-0.1, -0.05) is 6.07 Å². The van der Waals surface area contributed by atoms with Crippen LogP contribution in [0.15, 0.2) is 24.4 Å². The smallest absolute Gasteiger partial charge is 0.323 e. The normalized spacial score (nSPS) is 11.5. The molecule has 7 nitrogen and oxygen atoms in total. The average molecular weight is 284 g/mol. The monoisotopic (exact) mass is 284 g/mol. The molecule has 1 unspecified atom stereocenters. The van der Waals surface area contributed by atoms with Gasteiger partial charge in [-0.25, -0.2) is 4.98 Å². The maximum Gasteiger partial charge on any atom is 0.323 e. The van der Waals surface area contributed by atoms with Crippen molar-refractivity contribution in [1.29, 1.82) is 0 Å². The number of hydrazine groups is 1. The summed E-state index contributed by atoms with van der Waals surface area (Å²) in [6.45, 7) is 0. The van der Waals surface area contributed by atoms with Crippen LogP contribution in [-0.4, -0.2) is 41.5 Å². The minimum Gasteiger partial charge on any atom is -0.468 e. The van der Waals surface area contributed by atoms with E-state index in [4.69, 9.17) is 5.73 Å². The fraction of sp³-hybridized carbons (Fsp3) is 0.364. The third-order valence-corrected chi connectivity index (χ3v) is 3.09. The number of pyridine rings is 1. The molecule has 0 aliphatic heterocycles. The number of esters is 1. The lowest BCUT2D eigenvalue weighted by Gasteiger charge is -2.09. The Balaban J connectivity index is 2.16. The zero-order chi connectivity index (χ0) is 14.1. The van der Waals surface area contributed by atoms with Gasteiger partial charge in [-0.15, -0.1) is 11.8 Å². The van der Waals surface area contributed by atoms with Crippen LogP contribution in [0.3, 0.4) is 0 Å². The summed E-state index contributed by atoms with van der Waals surface area (Å²) in [7, 11) is 1.27. The molecule has 0 fully saturated rings. The van der Waals surface area contributed by atoms with Crippen molar-refractivity contribution in [3.63, 3.8) is 0 Å². The molecule has 0 aliphatic carbocycles. The number of hydrogen-bond acceptors (Lipinski definition) is 7. The van der Waals surface area contributed by atoms with E-state index in [1.807, 2.05) is 0 Å². The number of ether oxygens (including phenoxy) is 1. The van der Waals surface area contributed by atoms with Gasteiger partial charge in [-0.3, -0.25) is 20.4 Å². The lowest BCUT2D eigenvalue weighted by atomic mass is 10.4. The maximum absolute atomic E-state index is 11.5. The highest BCUT2D eigenvalue weighted by atomic mass is 32.2. The molecule has 0 spiro atoms. The van der Waals surface area contributed by atoms with Gasteiger partial charge in [0.25, 0.3) is 0 Å². The number of methoxy groups -OCH3 is 1. The van der Waals surface area contributed by atoms with Gasteiger partial charge in [-0.05, 0) is 12.1 Å². The van der Waals surface area contributed by atoms with E-state index in [2.05, 4.69) is 20.6 Å². The second kappa shape index (κ2) is 8.33. The SMILES string of the molecule is COC(=O)C(N)CSCC(=O)NNc1ccccn1. The molecule has 1 rings (SSSR count). The van der Waals surface area contributed by atoms with E-state index in [9.17, 15) is 9.59 Å². The van der Waals surface area contributed by atoms with Crippen LogP contribution in [0.1, 0.15) is 0 Å². The first-order valence-electron chi connectivity index (χ1n) is 5.50. The minimum absolute atomic E-state index is 0.185. The molecule has 4 N–H and O–H groups in total. The van der Waals surface area contributed by atoms with Crippen LogP contribution < -0.4 is 16.6 Å². The van der Waals surface area contributed by atoms with Gasteiger partial charge >= 0.3 is 5.97 Å². The summed E-state index contributed by atoms with van der Waals surface area (Å²) in [6.07, 6.45) is 1.61. The Kier molecular flexibility index (Phi) is 6.69. The quantitative estimate of drug-likeness (QED) is 0.468. The Morgan fingerprint density at radius 2 is 2.32 bits per heavy atom. The summed E-state index contributed by atoms with van der Waals surface area (Å²) in [5, 5.41) is 0. The maximum atomic E-state index is 11.5. The molecule has 104 valence electrons. The Morgan fingerprint density at radius 1 is 1.53 bits per heavy atom. The number of nitrogens with zero attached hydrogens (tertiary/aromatic N) is 1. The Hall–Kier alpha value is -1.80. The van der Waals surface area contributed by atoms with E-state index in [0.29, 0.717) is 11.6 Å². The zero-order valence-electron chi connectivity index (χ0n) is 10.5. The van der Waals surface area contributed by atoms with Gasteiger partial charge < -0.3 is 10.5 Å². The van der Waals surface area contributed by atoms with Gasteiger partial charge in [-0.2, -0.15) is 0 Å². The molecule has 1 aromatic rings. The van der Waals surface area contributed by atoms with Crippen LogP contribution in [0.2, 0.25) is 0 Å². The first kappa shape index (κ1) is 15.3. The minimum atomic E-state index is -0.716. The highest BCUT2D eigenvalue weighted by molar-refractivity contribution is 8.00. The van der Waals surface area contributed by atoms with Crippen molar-refractivity contribution in [3.8, 4) is 0 Å². The molecule has 0 saturated heterocycles. The van der Waals surface area contributed by atoms with Crippen LogP contribution in [0.5, 0.6) is 0 Å². The second-order valence-electron chi connectivity index (χ2n) is 3.53. The van der Waals surface area contributed by atoms with E-state index in [0.717, 1.165) is 0 Å². The van der Waals surface area contributed by atoms with Crippen molar-refractivity contribution in [2.45, 2.75) is 6.04 Å². The number of aromatic nitrogens is 1. The fourth-order valence-corrected chi connectivity index (χ4v) is 1.87. The summed E-state index contributed by atoms with van der Waals surface area (Å²) in [4.78, 5) is 26.5. The molecule has 1 aromatic heterocycles. The molecule has 19 heavy (non-hydrogen) atoms. The Bertz CT molecular complexity index is 416. The van der Waals surface area contributed by atoms with Gasteiger partial charge in [0.2, 0.25) is 5.91 Å². The number of rotatable bonds is 7. The molecule has 0 aromatic carbocycles. The highest BCUT2D eigenvalue weighted by Crippen LogP contribution is 2.03. The van der Waals surface area contributed by atoms with Crippen molar-refractivity contribution < 1.29 is 14.3 Å². The van der Waals surface area contributed by atoms with Crippen LogP contribution in [0.4, 0.5) is 5.82 Å². The molecule has 0 bridgehead atoms. The van der Waals surface area contributed by atoms with Crippen LogP contribution >= 0.6 is 11.8 Å². The van der Waals surface area contributed by atoms with Crippen LogP contribution in [-0.2, 0) is 14.3 Å². The van der Waals surface area contributed by atoms with Crippen molar-refractivity contribution in [2.75, 3.05) is 24.0 Å². The van der Waals surface area contributed by atoms with Crippen molar-refractivity contribution >= 4 is 29.5 Å². The number of thioether (sulfide) groups is 1. The Labute approximate surface area is 115 Å². The predicted octanol–water partition coefficient (Wildman–Crippen LogP) is -0.242. The zero-order valence-corrected chi connectivity index (χ0v) is 11.3. The van der Waals surface area contributed by atoms with Crippen LogP contribution in [0.25, 0.3) is 0 Å². The summed E-state index contributed by atoms with van der Waals surface area (Å²) in [5.74, 6) is 0.341. The van der Waals surface area contributed by atoms with Crippen molar-refractivity contribution in [2.24, 2.45) is 5.73 Å². The fourth-order valence-electron chi connectivity index (χ4n) is 1.10. The van der Waals surface area contributed by atoms with Gasteiger partial charge in [0.15, 0.2) is 0 Å².